The van der Waals surface area contributed by atoms with Crippen molar-refractivity contribution in [1.29, 1.82) is 0 Å². The Bertz CT molecular complexity index is 807. The van der Waals surface area contributed by atoms with E-state index < -0.39 is 11.2 Å². The van der Waals surface area contributed by atoms with Gasteiger partial charge in [0.05, 0.1) is 12.2 Å². The van der Waals surface area contributed by atoms with Gasteiger partial charge in [-0.1, -0.05) is 6.07 Å². The van der Waals surface area contributed by atoms with Crippen LogP contribution in [0.2, 0.25) is 0 Å². The second-order valence-electron chi connectivity index (χ2n) is 10.2. The molecule has 0 aliphatic carbocycles. The molecule has 3 aliphatic rings. The van der Waals surface area contributed by atoms with Crippen LogP contribution in [0.3, 0.4) is 0 Å². The molecule has 0 saturated carbocycles. The molecule has 0 bridgehead atoms. The molecule has 1 atom stereocenters. The molecule has 1 amide bonds. The van der Waals surface area contributed by atoms with Crippen molar-refractivity contribution in [1.82, 2.24) is 9.80 Å². The van der Waals surface area contributed by atoms with Crippen molar-refractivity contribution in [2.24, 2.45) is 5.92 Å². The fourth-order valence-electron chi connectivity index (χ4n) is 5.06. The van der Waals surface area contributed by atoms with Gasteiger partial charge in [-0.25, -0.2) is 4.79 Å². The molecule has 3 heterocycles. The third-order valence-corrected chi connectivity index (χ3v) is 6.93. The van der Waals surface area contributed by atoms with E-state index in [-0.39, 0.29) is 25.5 Å². The first kappa shape index (κ1) is 23.1. The van der Waals surface area contributed by atoms with Gasteiger partial charge in [-0.15, -0.1) is 0 Å². The van der Waals surface area contributed by atoms with E-state index in [2.05, 4.69) is 4.90 Å². The number of aliphatic hydroxyl groups excluding tert-OH is 1. The number of fused-ring (bicyclic) bond motifs is 1. The minimum Gasteiger partial charge on any atom is -0.454 e. The Morgan fingerprint density at radius 2 is 1.81 bits per heavy atom. The summed E-state index contributed by atoms with van der Waals surface area (Å²) in [6.07, 6.45) is 2.61. The number of hydrogen-bond donors (Lipinski definition) is 2. The largest absolute Gasteiger partial charge is 0.454 e. The summed E-state index contributed by atoms with van der Waals surface area (Å²) in [4.78, 5) is 16.4. The lowest BCUT2D eigenvalue weighted by Gasteiger charge is -2.45. The molecule has 178 valence electrons. The molecule has 0 spiro atoms. The van der Waals surface area contributed by atoms with E-state index >= 15 is 0 Å². The molecule has 2 fully saturated rings. The van der Waals surface area contributed by atoms with E-state index in [1.165, 1.54) is 0 Å². The quantitative estimate of drug-likeness (QED) is 0.732. The normalized spacial score (nSPS) is 22.6. The topological polar surface area (TPSA) is 91.7 Å². The van der Waals surface area contributed by atoms with Crippen molar-refractivity contribution in [3.63, 3.8) is 0 Å². The predicted molar refractivity (Wildman–Crippen MR) is 119 cm³/mol. The Balaban J connectivity index is 1.32. The average Bonchev–Trinajstić information content (AvgIpc) is 3.23. The lowest BCUT2D eigenvalue weighted by Crippen LogP contribution is -2.53. The number of carbonyl (C=O) groups excluding carboxylic acids is 1. The van der Waals surface area contributed by atoms with Gasteiger partial charge in [0.15, 0.2) is 11.5 Å². The summed E-state index contributed by atoms with van der Waals surface area (Å²) in [5.74, 6) is 1.71. The summed E-state index contributed by atoms with van der Waals surface area (Å²) in [6.45, 7) is 8.64. The van der Waals surface area contributed by atoms with Gasteiger partial charge in [0.25, 0.3) is 0 Å². The second-order valence-corrected chi connectivity index (χ2v) is 10.2. The molecule has 2 N–H and O–H groups in total. The number of ether oxygens (including phenoxy) is 3. The molecule has 8 nitrogen and oxygen atoms in total. The maximum absolute atomic E-state index is 12.3. The van der Waals surface area contributed by atoms with Crippen LogP contribution >= 0.6 is 0 Å². The number of rotatable bonds is 4. The highest BCUT2D eigenvalue weighted by molar-refractivity contribution is 5.68. The van der Waals surface area contributed by atoms with Crippen molar-refractivity contribution in [2.75, 3.05) is 39.6 Å². The van der Waals surface area contributed by atoms with Gasteiger partial charge in [-0.3, -0.25) is 4.90 Å². The first-order valence-corrected chi connectivity index (χ1v) is 11.6. The number of aliphatic hydroxyl groups is 2. The van der Waals surface area contributed by atoms with Gasteiger partial charge >= 0.3 is 6.09 Å². The number of nitrogens with zero attached hydrogens (tertiary/aromatic N) is 2. The standard InChI is InChI=1S/C24H36N2O6/c1-23(2,3)32-22(28)26-10-6-17(7-11-26)19(15-27)25-12-8-24(29,9-13-25)18-4-5-20-21(14-18)31-16-30-20/h4-5,14,17,19,27,29H,6-13,15-16H2,1-3H3. The van der Waals surface area contributed by atoms with E-state index in [1.54, 1.807) is 4.90 Å². The van der Waals surface area contributed by atoms with E-state index in [0.717, 1.165) is 18.4 Å². The summed E-state index contributed by atoms with van der Waals surface area (Å²) in [5.41, 5.74) is -0.547. The fourth-order valence-corrected chi connectivity index (χ4v) is 5.06. The van der Waals surface area contributed by atoms with Gasteiger partial charge in [-0.2, -0.15) is 0 Å². The predicted octanol–water partition coefficient (Wildman–Crippen LogP) is 2.71. The monoisotopic (exact) mass is 448 g/mol. The van der Waals surface area contributed by atoms with E-state index in [0.29, 0.717) is 56.4 Å². The maximum Gasteiger partial charge on any atom is 0.410 e. The van der Waals surface area contributed by atoms with Crippen LogP contribution in [-0.2, 0) is 10.3 Å². The number of amides is 1. The molecule has 1 aromatic carbocycles. The van der Waals surface area contributed by atoms with E-state index in [4.69, 9.17) is 14.2 Å². The van der Waals surface area contributed by atoms with Gasteiger partial charge < -0.3 is 29.3 Å². The fraction of sp³-hybridized carbons (Fsp3) is 0.708. The molecule has 4 rings (SSSR count). The Kier molecular flexibility index (Phi) is 6.56. The average molecular weight is 449 g/mol. The first-order valence-electron chi connectivity index (χ1n) is 11.6. The highest BCUT2D eigenvalue weighted by atomic mass is 16.7. The Hall–Kier alpha value is -2.03. The summed E-state index contributed by atoms with van der Waals surface area (Å²) in [6, 6.07) is 5.70. The molecule has 1 unspecified atom stereocenters. The zero-order valence-electron chi connectivity index (χ0n) is 19.4. The summed E-state index contributed by atoms with van der Waals surface area (Å²) < 4.78 is 16.3. The van der Waals surface area contributed by atoms with E-state index in [9.17, 15) is 15.0 Å². The lowest BCUT2D eigenvalue weighted by molar-refractivity contribution is -0.0546. The van der Waals surface area contributed by atoms with Gasteiger partial charge in [0, 0.05) is 32.2 Å². The molecule has 32 heavy (non-hydrogen) atoms. The second kappa shape index (κ2) is 9.08. The SMILES string of the molecule is CC(C)(C)OC(=O)N1CCC(C(CO)N2CCC(O)(c3ccc4c(c3)OCO4)CC2)CC1. The number of carbonyl (C=O) groups is 1. The summed E-state index contributed by atoms with van der Waals surface area (Å²) in [7, 11) is 0. The third-order valence-electron chi connectivity index (χ3n) is 6.93. The highest BCUT2D eigenvalue weighted by Crippen LogP contribution is 2.40. The van der Waals surface area contributed by atoms with Crippen LogP contribution in [0.1, 0.15) is 52.0 Å². The number of likely N-dealkylation sites (tertiary alicyclic amines) is 2. The van der Waals surface area contributed by atoms with Crippen molar-refractivity contribution in [2.45, 2.75) is 63.7 Å². The van der Waals surface area contributed by atoms with Gasteiger partial charge in [0.1, 0.15) is 5.60 Å². The Morgan fingerprint density at radius 1 is 1.16 bits per heavy atom. The molecular formula is C24H36N2O6. The summed E-state index contributed by atoms with van der Waals surface area (Å²) >= 11 is 0. The zero-order valence-corrected chi connectivity index (χ0v) is 19.4. The van der Waals surface area contributed by atoms with Crippen LogP contribution in [0.25, 0.3) is 0 Å². The first-order chi connectivity index (χ1) is 15.2. The zero-order chi connectivity index (χ0) is 22.9. The van der Waals surface area contributed by atoms with Crippen LogP contribution in [0.15, 0.2) is 18.2 Å². The summed E-state index contributed by atoms with van der Waals surface area (Å²) in [5, 5.41) is 21.5. The van der Waals surface area contributed by atoms with Crippen LogP contribution in [-0.4, -0.2) is 77.3 Å². The smallest absolute Gasteiger partial charge is 0.410 e. The number of benzene rings is 1. The molecular weight excluding hydrogens is 412 g/mol. The Labute approximate surface area is 190 Å². The Morgan fingerprint density at radius 3 is 2.44 bits per heavy atom. The molecule has 0 aromatic heterocycles. The van der Waals surface area contributed by atoms with Gasteiger partial charge in [-0.05, 0) is 70.1 Å². The van der Waals surface area contributed by atoms with E-state index in [1.807, 2.05) is 39.0 Å². The van der Waals surface area contributed by atoms with Crippen molar-refractivity contribution < 1.29 is 29.2 Å². The minimum absolute atomic E-state index is 0.0390. The van der Waals surface area contributed by atoms with Crippen LogP contribution in [0.5, 0.6) is 11.5 Å². The minimum atomic E-state index is -0.905. The maximum atomic E-state index is 12.3. The third kappa shape index (κ3) is 4.97. The molecule has 2 saturated heterocycles. The molecule has 1 aromatic rings. The van der Waals surface area contributed by atoms with Crippen LogP contribution < -0.4 is 9.47 Å². The molecule has 0 radical (unpaired) electrons. The van der Waals surface area contributed by atoms with Crippen LogP contribution in [0, 0.1) is 5.92 Å². The number of hydrogen-bond acceptors (Lipinski definition) is 7. The van der Waals surface area contributed by atoms with Crippen molar-refractivity contribution in [3.05, 3.63) is 23.8 Å². The molecule has 8 heteroatoms. The molecule has 3 aliphatic heterocycles. The van der Waals surface area contributed by atoms with Crippen LogP contribution in [0.4, 0.5) is 4.79 Å². The van der Waals surface area contributed by atoms with Gasteiger partial charge in [0.2, 0.25) is 6.79 Å². The lowest BCUT2D eigenvalue weighted by atomic mass is 9.82. The van der Waals surface area contributed by atoms with Crippen molar-refractivity contribution >= 4 is 6.09 Å². The number of piperidine rings is 2. The van der Waals surface area contributed by atoms with Crippen molar-refractivity contribution in [3.8, 4) is 11.5 Å². The highest BCUT2D eigenvalue weighted by Gasteiger charge is 2.39.